The number of pyridine rings is 1. The number of amides is 2. The number of nitrogens with zero attached hydrogens (tertiary/aromatic N) is 2. The highest BCUT2D eigenvalue weighted by molar-refractivity contribution is 6.01. The molecule has 4 nitrogen and oxygen atoms in total. The van der Waals surface area contributed by atoms with Crippen molar-refractivity contribution in [2.24, 2.45) is 0 Å². The van der Waals surface area contributed by atoms with Crippen molar-refractivity contribution in [2.75, 3.05) is 11.9 Å². The normalized spacial score (nSPS) is 17.2. The number of hydrogen-bond donors (Lipinski definition) is 1. The molecular formula is C20H19N3O. The number of nitrogens with one attached hydrogen (secondary N) is 1. The Morgan fingerprint density at radius 2 is 1.96 bits per heavy atom. The van der Waals surface area contributed by atoms with Gasteiger partial charge in [-0.3, -0.25) is 4.98 Å². The van der Waals surface area contributed by atoms with E-state index in [0.717, 1.165) is 41.4 Å². The van der Waals surface area contributed by atoms with Crippen LogP contribution in [0.3, 0.4) is 0 Å². The van der Waals surface area contributed by atoms with Crippen LogP contribution in [0, 0.1) is 0 Å². The first-order valence-corrected chi connectivity index (χ1v) is 8.28. The van der Waals surface area contributed by atoms with Crippen LogP contribution >= 0.6 is 0 Å². The number of aromatic nitrogens is 1. The van der Waals surface area contributed by atoms with E-state index in [-0.39, 0.29) is 12.1 Å². The Bertz CT molecular complexity index is 858. The molecule has 2 amide bonds. The Hall–Kier alpha value is -2.88. The van der Waals surface area contributed by atoms with Crippen LogP contribution in [0.2, 0.25) is 0 Å². The summed E-state index contributed by atoms with van der Waals surface area (Å²) in [6.07, 6.45) is 5.62. The maximum Gasteiger partial charge on any atom is 0.322 e. The van der Waals surface area contributed by atoms with Crippen LogP contribution in [0.1, 0.15) is 24.4 Å². The molecule has 1 N–H and O–H groups in total. The van der Waals surface area contributed by atoms with Crippen LogP contribution in [0.4, 0.5) is 10.5 Å². The molecule has 4 heteroatoms. The Balaban J connectivity index is 1.59. The lowest BCUT2D eigenvalue weighted by atomic mass is 10.1. The minimum absolute atomic E-state index is 0.0438. The van der Waals surface area contributed by atoms with Gasteiger partial charge in [0.2, 0.25) is 0 Å². The molecule has 1 saturated heterocycles. The molecule has 24 heavy (non-hydrogen) atoms. The van der Waals surface area contributed by atoms with E-state index in [1.54, 1.807) is 6.20 Å². The zero-order chi connectivity index (χ0) is 16.4. The van der Waals surface area contributed by atoms with Gasteiger partial charge in [0.25, 0.3) is 0 Å². The standard InChI is InChI=1S/C20H19N3O/c24-20(22-18-10-3-7-15-6-1-2-9-17(15)18)23-13-5-11-19(23)16-8-4-12-21-14-16/h1-4,6-10,12,14,19H,5,11,13H2,(H,22,24)/t19-/m0/s1. The summed E-state index contributed by atoms with van der Waals surface area (Å²) in [6.45, 7) is 0.774. The Morgan fingerprint density at radius 1 is 1.08 bits per heavy atom. The molecule has 1 aliphatic rings. The number of fused-ring (bicyclic) bond motifs is 1. The maximum absolute atomic E-state index is 12.8. The number of likely N-dealkylation sites (tertiary alicyclic amines) is 1. The van der Waals surface area contributed by atoms with Gasteiger partial charge in [0.05, 0.1) is 11.7 Å². The van der Waals surface area contributed by atoms with Crippen molar-refractivity contribution in [1.29, 1.82) is 0 Å². The van der Waals surface area contributed by atoms with Gasteiger partial charge in [-0.1, -0.05) is 42.5 Å². The Labute approximate surface area is 141 Å². The second-order valence-electron chi connectivity index (χ2n) is 6.09. The lowest BCUT2D eigenvalue weighted by Gasteiger charge is -2.25. The zero-order valence-corrected chi connectivity index (χ0v) is 13.4. The summed E-state index contributed by atoms with van der Waals surface area (Å²) in [6, 6.07) is 18.1. The predicted octanol–water partition coefficient (Wildman–Crippen LogP) is 4.60. The van der Waals surface area contributed by atoms with E-state index < -0.39 is 0 Å². The summed E-state index contributed by atoms with van der Waals surface area (Å²) in [5.74, 6) is 0. The first kappa shape index (κ1) is 14.7. The molecule has 0 radical (unpaired) electrons. The number of carbonyl (C=O) groups is 1. The summed E-state index contributed by atoms with van der Waals surface area (Å²) in [5, 5.41) is 5.28. The van der Waals surface area contributed by atoms with Crippen LogP contribution in [0.5, 0.6) is 0 Å². The zero-order valence-electron chi connectivity index (χ0n) is 13.4. The fourth-order valence-corrected chi connectivity index (χ4v) is 3.45. The van der Waals surface area contributed by atoms with Crippen LogP contribution in [-0.2, 0) is 0 Å². The van der Waals surface area contributed by atoms with E-state index in [2.05, 4.69) is 22.4 Å². The van der Waals surface area contributed by atoms with Crippen molar-refractivity contribution in [1.82, 2.24) is 9.88 Å². The summed E-state index contributed by atoms with van der Waals surface area (Å²) < 4.78 is 0. The quantitative estimate of drug-likeness (QED) is 0.750. The number of anilines is 1. The average molecular weight is 317 g/mol. The minimum Gasteiger partial charge on any atom is -0.317 e. The topological polar surface area (TPSA) is 45.2 Å². The lowest BCUT2D eigenvalue weighted by molar-refractivity contribution is 0.207. The lowest BCUT2D eigenvalue weighted by Crippen LogP contribution is -2.34. The van der Waals surface area contributed by atoms with Crippen LogP contribution in [0.15, 0.2) is 67.0 Å². The van der Waals surface area contributed by atoms with Crippen molar-refractivity contribution in [3.05, 3.63) is 72.6 Å². The Morgan fingerprint density at radius 3 is 2.83 bits per heavy atom. The smallest absolute Gasteiger partial charge is 0.317 e. The van der Waals surface area contributed by atoms with Gasteiger partial charge in [-0.2, -0.15) is 0 Å². The van der Waals surface area contributed by atoms with Crippen LogP contribution in [0.25, 0.3) is 10.8 Å². The second-order valence-corrected chi connectivity index (χ2v) is 6.09. The molecule has 0 saturated carbocycles. The molecule has 120 valence electrons. The molecule has 2 heterocycles. The van der Waals surface area contributed by atoms with E-state index in [9.17, 15) is 4.79 Å². The van der Waals surface area contributed by atoms with Gasteiger partial charge in [-0.05, 0) is 35.9 Å². The highest BCUT2D eigenvalue weighted by Gasteiger charge is 2.30. The first-order valence-electron chi connectivity index (χ1n) is 8.28. The van der Waals surface area contributed by atoms with Crippen molar-refractivity contribution >= 4 is 22.5 Å². The van der Waals surface area contributed by atoms with E-state index >= 15 is 0 Å². The number of rotatable bonds is 2. The summed E-state index contributed by atoms with van der Waals surface area (Å²) in [4.78, 5) is 18.9. The van der Waals surface area contributed by atoms with Gasteiger partial charge < -0.3 is 10.2 Å². The molecule has 4 rings (SSSR count). The van der Waals surface area contributed by atoms with Crippen molar-refractivity contribution in [3.63, 3.8) is 0 Å². The fraction of sp³-hybridized carbons (Fsp3) is 0.200. The van der Waals surface area contributed by atoms with Crippen molar-refractivity contribution in [3.8, 4) is 0 Å². The molecule has 0 unspecified atom stereocenters. The molecule has 1 aromatic heterocycles. The molecule has 1 fully saturated rings. The SMILES string of the molecule is O=C(Nc1cccc2ccccc12)N1CCC[C@H]1c1cccnc1. The number of benzene rings is 2. The van der Waals surface area contributed by atoms with E-state index in [1.807, 2.05) is 53.6 Å². The summed E-state index contributed by atoms with van der Waals surface area (Å²) in [5.41, 5.74) is 1.96. The van der Waals surface area contributed by atoms with E-state index in [1.165, 1.54) is 0 Å². The molecule has 1 atom stereocenters. The average Bonchev–Trinajstić information content (AvgIpc) is 3.13. The second kappa shape index (κ2) is 6.32. The van der Waals surface area contributed by atoms with Crippen LogP contribution in [-0.4, -0.2) is 22.5 Å². The molecule has 0 spiro atoms. The maximum atomic E-state index is 12.8. The third-order valence-corrected chi connectivity index (χ3v) is 4.61. The highest BCUT2D eigenvalue weighted by Crippen LogP contribution is 2.32. The minimum atomic E-state index is -0.0438. The molecule has 1 aliphatic heterocycles. The van der Waals surface area contributed by atoms with Crippen molar-refractivity contribution < 1.29 is 4.79 Å². The van der Waals surface area contributed by atoms with Gasteiger partial charge >= 0.3 is 6.03 Å². The summed E-state index contributed by atoms with van der Waals surface area (Å²) >= 11 is 0. The van der Waals surface area contributed by atoms with E-state index in [0.29, 0.717) is 0 Å². The van der Waals surface area contributed by atoms with Gasteiger partial charge in [0.1, 0.15) is 0 Å². The predicted molar refractivity (Wildman–Crippen MR) is 95.9 cm³/mol. The molecule has 2 aromatic carbocycles. The number of hydrogen-bond acceptors (Lipinski definition) is 2. The largest absolute Gasteiger partial charge is 0.322 e. The van der Waals surface area contributed by atoms with Gasteiger partial charge in [-0.25, -0.2) is 4.79 Å². The summed E-state index contributed by atoms with van der Waals surface area (Å²) in [7, 11) is 0. The molecular weight excluding hydrogens is 298 g/mol. The van der Waals surface area contributed by atoms with E-state index in [4.69, 9.17) is 0 Å². The fourth-order valence-electron chi connectivity index (χ4n) is 3.45. The van der Waals surface area contributed by atoms with Gasteiger partial charge in [0.15, 0.2) is 0 Å². The Kier molecular flexibility index (Phi) is 3.87. The monoisotopic (exact) mass is 317 g/mol. The third kappa shape index (κ3) is 2.71. The first-order chi connectivity index (χ1) is 11.8. The van der Waals surface area contributed by atoms with Gasteiger partial charge in [0, 0.05) is 24.3 Å². The number of carbonyl (C=O) groups excluding carboxylic acids is 1. The highest BCUT2D eigenvalue weighted by atomic mass is 16.2. The van der Waals surface area contributed by atoms with Crippen molar-refractivity contribution in [2.45, 2.75) is 18.9 Å². The van der Waals surface area contributed by atoms with Crippen LogP contribution < -0.4 is 5.32 Å². The molecule has 0 bridgehead atoms. The third-order valence-electron chi connectivity index (χ3n) is 4.61. The molecule has 0 aliphatic carbocycles. The van der Waals surface area contributed by atoms with Gasteiger partial charge in [-0.15, -0.1) is 0 Å². The molecule has 3 aromatic rings. The number of urea groups is 1.